The van der Waals surface area contributed by atoms with Crippen molar-refractivity contribution in [3.63, 3.8) is 0 Å². The van der Waals surface area contributed by atoms with Gasteiger partial charge in [-0.25, -0.2) is 4.98 Å². The quantitative estimate of drug-likeness (QED) is 0.348. The van der Waals surface area contributed by atoms with E-state index in [1.807, 2.05) is 19.9 Å². The summed E-state index contributed by atoms with van der Waals surface area (Å²) in [4.78, 5) is 29.1. The molecule has 0 aliphatic heterocycles. The smallest absolute Gasteiger partial charge is 0.311 e. The summed E-state index contributed by atoms with van der Waals surface area (Å²) in [6, 6.07) is 8.52. The van der Waals surface area contributed by atoms with Crippen molar-refractivity contribution in [2.45, 2.75) is 34.3 Å². The number of carbonyl (C=O) groups excluding carboxylic acids is 1. The van der Waals surface area contributed by atoms with E-state index in [-0.39, 0.29) is 24.0 Å². The van der Waals surface area contributed by atoms with E-state index < -0.39 is 4.92 Å². The second kappa shape index (κ2) is 8.81. The summed E-state index contributed by atoms with van der Waals surface area (Å²) in [5.74, 6) is -0.0548. The Morgan fingerprint density at radius 3 is 2.60 bits per heavy atom. The van der Waals surface area contributed by atoms with Gasteiger partial charge in [0.1, 0.15) is 6.61 Å². The Balaban J connectivity index is 1.87. The number of anilines is 2. The van der Waals surface area contributed by atoms with Crippen molar-refractivity contribution >= 4 is 45.4 Å². The van der Waals surface area contributed by atoms with Gasteiger partial charge < -0.3 is 4.74 Å². The lowest BCUT2D eigenvalue weighted by atomic mass is 10.1. The lowest BCUT2D eigenvalue weighted by molar-refractivity contribution is -0.386. The molecule has 0 fully saturated rings. The molecule has 2 aromatic carbocycles. The lowest BCUT2D eigenvalue weighted by Gasteiger charge is -2.22. The summed E-state index contributed by atoms with van der Waals surface area (Å²) in [7, 11) is 0. The molecule has 0 saturated heterocycles. The zero-order chi connectivity index (χ0) is 22.0. The van der Waals surface area contributed by atoms with Gasteiger partial charge in [-0.2, -0.15) is 0 Å². The van der Waals surface area contributed by atoms with Gasteiger partial charge in [-0.05, 0) is 49.6 Å². The Morgan fingerprint density at radius 1 is 1.23 bits per heavy atom. The van der Waals surface area contributed by atoms with Crippen LogP contribution in [0.3, 0.4) is 0 Å². The van der Waals surface area contributed by atoms with E-state index in [1.165, 1.54) is 29.2 Å². The highest BCUT2D eigenvalue weighted by molar-refractivity contribution is 7.14. The van der Waals surface area contributed by atoms with Crippen molar-refractivity contribution in [2.24, 2.45) is 0 Å². The standard InChI is InChI=1S/C21H20ClN3O4S/c1-12-5-6-19(18(9-12)25(27)28)29-10-16-11-30-21(23-16)24(15(4)26)20-14(3)7-13(2)8-17(20)22/h5-9,11H,10H2,1-4H3. The average molecular weight is 446 g/mol. The third kappa shape index (κ3) is 4.60. The number of nitro benzene ring substituents is 1. The topological polar surface area (TPSA) is 85.6 Å². The molecule has 3 rings (SSSR count). The van der Waals surface area contributed by atoms with Crippen molar-refractivity contribution in [2.75, 3.05) is 4.90 Å². The molecule has 0 aliphatic rings. The lowest BCUT2D eigenvalue weighted by Crippen LogP contribution is -2.24. The number of nitro groups is 1. The van der Waals surface area contributed by atoms with Gasteiger partial charge in [0.25, 0.3) is 0 Å². The first-order chi connectivity index (χ1) is 14.2. The maximum absolute atomic E-state index is 12.4. The van der Waals surface area contributed by atoms with Crippen molar-refractivity contribution < 1.29 is 14.5 Å². The molecule has 0 aliphatic carbocycles. The summed E-state index contributed by atoms with van der Waals surface area (Å²) in [5, 5.41) is 13.9. The molecule has 0 unspecified atom stereocenters. The number of hydrogen-bond acceptors (Lipinski definition) is 6. The van der Waals surface area contributed by atoms with Crippen LogP contribution in [0.25, 0.3) is 0 Å². The largest absolute Gasteiger partial charge is 0.480 e. The number of aromatic nitrogens is 1. The molecule has 30 heavy (non-hydrogen) atoms. The Hall–Kier alpha value is -2.97. The third-order valence-corrected chi connectivity index (χ3v) is 5.52. The minimum absolute atomic E-state index is 0.0345. The van der Waals surface area contributed by atoms with Gasteiger partial charge >= 0.3 is 5.69 Å². The molecular formula is C21H20ClN3O4S. The van der Waals surface area contributed by atoms with E-state index in [4.69, 9.17) is 16.3 Å². The zero-order valence-electron chi connectivity index (χ0n) is 16.9. The molecule has 0 atom stereocenters. The Labute approximate surface area is 183 Å². The van der Waals surface area contributed by atoms with Crippen LogP contribution < -0.4 is 9.64 Å². The fourth-order valence-electron chi connectivity index (χ4n) is 3.09. The average Bonchev–Trinajstić information content (AvgIpc) is 3.11. The van der Waals surface area contributed by atoms with Crippen LogP contribution in [0.4, 0.5) is 16.5 Å². The number of aryl methyl sites for hydroxylation is 3. The molecule has 0 radical (unpaired) electrons. The van der Waals surface area contributed by atoms with Gasteiger partial charge in [0, 0.05) is 18.4 Å². The Morgan fingerprint density at radius 2 is 1.97 bits per heavy atom. The van der Waals surface area contributed by atoms with E-state index in [2.05, 4.69) is 4.98 Å². The van der Waals surface area contributed by atoms with Crippen molar-refractivity contribution in [3.05, 3.63) is 73.2 Å². The zero-order valence-corrected chi connectivity index (χ0v) is 18.5. The van der Waals surface area contributed by atoms with Crippen LogP contribution in [0, 0.1) is 30.9 Å². The molecule has 1 aromatic heterocycles. The first kappa shape index (κ1) is 21.7. The predicted octanol–water partition coefficient (Wildman–Crippen LogP) is 5.89. The molecule has 0 saturated carbocycles. The van der Waals surface area contributed by atoms with E-state index >= 15 is 0 Å². The number of hydrogen-bond donors (Lipinski definition) is 0. The number of halogens is 1. The van der Waals surface area contributed by atoms with Gasteiger partial charge in [-0.1, -0.05) is 23.7 Å². The molecule has 0 N–H and O–H groups in total. The SMILES string of the molecule is CC(=O)N(c1nc(COc2ccc(C)cc2[N+](=O)[O-])cs1)c1c(C)cc(C)cc1Cl. The minimum atomic E-state index is -0.478. The van der Waals surface area contributed by atoms with Crippen LogP contribution in [-0.2, 0) is 11.4 Å². The number of benzene rings is 2. The number of nitrogens with zero attached hydrogens (tertiary/aromatic N) is 3. The van der Waals surface area contributed by atoms with Crippen LogP contribution in [0.5, 0.6) is 5.75 Å². The highest BCUT2D eigenvalue weighted by atomic mass is 35.5. The highest BCUT2D eigenvalue weighted by Gasteiger charge is 2.23. The molecular weight excluding hydrogens is 426 g/mol. The summed E-state index contributed by atoms with van der Waals surface area (Å²) >= 11 is 7.70. The first-order valence-electron chi connectivity index (χ1n) is 9.07. The first-order valence-corrected chi connectivity index (χ1v) is 10.3. The normalized spacial score (nSPS) is 10.7. The van der Waals surface area contributed by atoms with Crippen LogP contribution in [0.1, 0.15) is 29.3 Å². The van der Waals surface area contributed by atoms with Crippen LogP contribution >= 0.6 is 22.9 Å². The fourth-order valence-corrected chi connectivity index (χ4v) is 4.35. The summed E-state index contributed by atoms with van der Waals surface area (Å²) in [5.41, 5.74) is 3.67. The summed E-state index contributed by atoms with van der Waals surface area (Å²) in [6.45, 7) is 7.08. The minimum Gasteiger partial charge on any atom is -0.480 e. The Bertz CT molecular complexity index is 1110. The van der Waals surface area contributed by atoms with Gasteiger partial charge in [0.05, 0.1) is 21.3 Å². The maximum atomic E-state index is 12.4. The summed E-state index contributed by atoms with van der Waals surface area (Å²) < 4.78 is 5.63. The molecule has 1 amide bonds. The predicted molar refractivity (Wildman–Crippen MR) is 118 cm³/mol. The number of amides is 1. The summed E-state index contributed by atoms with van der Waals surface area (Å²) in [6.07, 6.45) is 0. The van der Waals surface area contributed by atoms with Crippen molar-refractivity contribution in [3.8, 4) is 5.75 Å². The number of ether oxygens (including phenoxy) is 1. The molecule has 156 valence electrons. The van der Waals surface area contributed by atoms with E-state index in [0.29, 0.717) is 21.5 Å². The second-order valence-electron chi connectivity index (χ2n) is 6.91. The number of rotatable bonds is 6. The van der Waals surface area contributed by atoms with Crippen LogP contribution in [0.15, 0.2) is 35.7 Å². The third-order valence-electron chi connectivity index (χ3n) is 4.35. The second-order valence-corrected chi connectivity index (χ2v) is 8.15. The van der Waals surface area contributed by atoms with Crippen LogP contribution in [-0.4, -0.2) is 15.8 Å². The number of thiazole rings is 1. The number of carbonyl (C=O) groups is 1. The van der Waals surface area contributed by atoms with Gasteiger partial charge in [-0.15, -0.1) is 11.3 Å². The molecule has 0 spiro atoms. The van der Waals surface area contributed by atoms with Crippen LogP contribution in [0.2, 0.25) is 5.02 Å². The van der Waals surface area contributed by atoms with Crippen molar-refractivity contribution in [1.29, 1.82) is 0 Å². The molecule has 9 heteroatoms. The molecule has 7 nitrogen and oxygen atoms in total. The maximum Gasteiger partial charge on any atom is 0.311 e. The molecule has 3 aromatic rings. The van der Waals surface area contributed by atoms with E-state index in [1.54, 1.807) is 30.5 Å². The molecule has 1 heterocycles. The van der Waals surface area contributed by atoms with E-state index in [0.717, 1.165) is 16.7 Å². The van der Waals surface area contributed by atoms with Gasteiger partial charge in [-0.3, -0.25) is 19.8 Å². The van der Waals surface area contributed by atoms with Gasteiger partial charge in [0.15, 0.2) is 10.9 Å². The van der Waals surface area contributed by atoms with Crippen molar-refractivity contribution in [1.82, 2.24) is 4.98 Å². The van der Waals surface area contributed by atoms with Gasteiger partial charge in [0.2, 0.25) is 5.91 Å². The highest BCUT2D eigenvalue weighted by Crippen LogP contribution is 2.37. The fraction of sp³-hybridized carbons (Fsp3) is 0.238. The Kier molecular flexibility index (Phi) is 6.38. The van der Waals surface area contributed by atoms with E-state index in [9.17, 15) is 14.9 Å². The molecule has 0 bridgehead atoms. The monoisotopic (exact) mass is 445 g/mol.